The number of nitrogens with zero attached hydrogens (tertiary/aromatic N) is 4. The van der Waals surface area contributed by atoms with Gasteiger partial charge in [0.25, 0.3) is 0 Å². The quantitative estimate of drug-likeness (QED) is 0.766. The number of carbonyl (C=O) groups is 2. The Morgan fingerprint density at radius 1 is 1.15 bits per heavy atom. The van der Waals surface area contributed by atoms with Crippen LogP contribution in [-0.4, -0.2) is 57.9 Å². The molecule has 1 aliphatic carbocycles. The maximum atomic E-state index is 12.3. The van der Waals surface area contributed by atoms with Crippen molar-refractivity contribution in [3.8, 4) is 0 Å². The largest absolute Gasteiger partial charge is 0.343 e. The van der Waals surface area contributed by atoms with Crippen LogP contribution in [0.4, 0.5) is 0 Å². The molecule has 7 heteroatoms. The molecular formula is C19H26N4O3. The highest BCUT2D eigenvalue weighted by molar-refractivity contribution is 5.80. The molecule has 0 radical (unpaired) electrons. The van der Waals surface area contributed by atoms with Gasteiger partial charge in [-0.15, -0.1) is 0 Å². The lowest BCUT2D eigenvalue weighted by atomic mass is 9.93. The number of hydrogen-bond acceptors (Lipinski definition) is 5. The van der Waals surface area contributed by atoms with E-state index in [1.54, 1.807) is 6.92 Å². The normalized spacial score (nSPS) is 22.0. The van der Waals surface area contributed by atoms with Gasteiger partial charge in [0.15, 0.2) is 5.82 Å². The summed E-state index contributed by atoms with van der Waals surface area (Å²) in [4.78, 5) is 32.1. The van der Waals surface area contributed by atoms with E-state index in [2.05, 4.69) is 22.3 Å². The number of carbonyl (C=O) groups excluding carboxylic acids is 2. The van der Waals surface area contributed by atoms with Crippen molar-refractivity contribution in [2.75, 3.05) is 26.2 Å². The van der Waals surface area contributed by atoms with E-state index in [1.165, 1.54) is 0 Å². The zero-order valence-electron chi connectivity index (χ0n) is 15.3. The molecular weight excluding hydrogens is 332 g/mol. The summed E-state index contributed by atoms with van der Waals surface area (Å²) in [7, 11) is 0. The zero-order chi connectivity index (χ0) is 18.1. The number of rotatable bonds is 4. The molecule has 2 amide bonds. The fraction of sp³-hybridized carbons (Fsp3) is 0.684. The van der Waals surface area contributed by atoms with E-state index in [0.717, 1.165) is 64.1 Å². The number of allylic oxidation sites excluding steroid dienone is 2. The van der Waals surface area contributed by atoms with Gasteiger partial charge in [-0.25, -0.2) is 0 Å². The Hall–Kier alpha value is -2.18. The van der Waals surface area contributed by atoms with Crippen LogP contribution in [0.2, 0.25) is 0 Å². The first-order chi connectivity index (χ1) is 12.6. The van der Waals surface area contributed by atoms with Crippen LogP contribution in [0.1, 0.15) is 50.2 Å². The fourth-order valence-electron chi connectivity index (χ4n) is 4.17. The number of amides is 2. The summed E-state index contributed by atoms with van der Waals surface area (Å²) in [6, 6.07) is 0. The highest BCUT2D eigenvalue weighted by Crippen LogP contribution is 2.29. The SMILES string of the molecule is CC(=O)N1CCC(c2noc(CC3CN(C(=O)C4CC=CC4)C3)n2)CC1. The summed E-state index contributed by atoms with van der Waals surface area (Å²) in [5.74, 6) is 2.72. The Morgan fingerprint density at radius 2 is 1.85 bits per heavy atom. The molecule has 2 fully saturated rings. The van der Waals surface area contributed by atoms with Gasteiger partial charge in [0.05, 0.1) is 0 Å². The first kappa shape index (κ1) is 17.2. The molecule has 0 bridgehead atoms. The summed E-state index contributed by atoms with van der Waals surface area (Å²) < 4.78 is 5.44. The van der Waals surface area contributed by atoms with Crippen molar-refractivity contribution < 1.29 is 14.1 Å². The van der Waals surface area contributed by atoms with E-state index in [-0.39, 0.29) is 23.7 Å². The van der Waals surface area contributed by atoms with Gasteiger partial charge < -0.3 is 14.3 Å². The average Bonchev–Trinajstić information content (AvgIpc) is 3.29. The van der Waals surface area contributed by atoms with Crippen molar-refractivity contribution >= 4 is 11.8 Å². The maximum Gasteiger partial charge on any atom is 0.227 e. The predicted molar refractivity (Wildman–Crippen MR) is 94.2 cm³/mol. The van der Waals surface area contributed by atoms with E-state index in [0.29, 0.717) is 11.8 Å². The number of hydrogen-bond donors (Lipinski definition) is 0. The van der Waals surface area contributed by atoms with Crippen molar-refractivity contribution in [2.24, 2.45) is 11.8 Å². The van der Waals surface area contributed by atoms with Gasteiger partial charge in [0.1, 0.15) is 0 Å². The van der Waals surface area contributed by atoms with E-state index < -0.39 is 0 Å². The number of aromatic nitrogens is 2. The van der Waals surface area contributed by atoms with Gasteiger partial charge in [-0.05, 0) is 25.7 Å². The molecule has 2 saturated heterocycles. The minimum atomic E-state index is 0.134. The average molecular weight is 358 g/mol. The van der Waals surface area contributed by atoms with Crippen LogP contribution in [0.25, 0.3) is 0 Å². The molecule has 7 nitrogen and oxygen atoms in total. The maximum absolute atomic E-state index is 12.3. The summed E-state index contributed by atoms with van der Waals surface area (Å²) in [5.41, 5.74) is 0. The fourth-order valence-corrected chi connectivity index (χ4v) is 4.17. The molecule has 0 atom stereocenters. The van der Waals surface area contributed by atoms with Crippen molar-refractivity contribution in [3.05, 3.63) is 23.9 Å². The third-order valence-corrected chi connectivity index (χ3v) is 5.88. The van der Waals surface area contributed by atoms with E-state index in [9.17, 15) is 9.59 Å². The molecule has 26 heavy (non-hydrogen) atoms. The minimum Gasteiger partial charge on any atom is -0.343 e. The second-order valence-electron chi connectivity index (χ2n) is 7.78. The molecule has 0 N–H and O–H groups in total. The first-order valence-electron chi connectivity index (χ1n) is 9.62. The van der Waals surface area contributed by atoms with Crippen molar-refractivity contribution in [2.45, 2.75) is 44.9 Å². The molecule has 2 aliphatic heterocycles. The van der Waals surface area contributed by atoms with Crippen molar-refractivity contribution in [1.29, 1.82) is 0 Å². The summed E-state index contributed by atoms with van der Waals surface area (Å²) in [6.07, 6.45) is 8.48. The van der Waals surface area contributed by atoms with Crippen molar-refractivity contribution in [1.82, 2.24) is 19.9 Å². The van der Waals surface area contributed by atoms with Gasteiger partial charge in [0, 0.05) is 57.3 Å². The molecule has 3 heterocycles. The van der Waals surface area contributed by atoms with Crippen LogP contribution >= 0.6 is 0 Å². The first-order valence-corrected chi connectivity index (χ1v) is 9.62. The Bertz CT molecular complexity index is 691. The van der Waals surface area contributed by atoms with Crippen LogP contribution in [-0.2, 0) is 16.0 Å². The Balaban J connectivity index is 1.24. The third-order valence-electron chi connectivity index (χ3n) is 5.88. The van der Waals surface area contributed by atoms with Gasteiger partial charge in [0.2, 0.25) is 17.7 Å². The molecule has 3 aliphatic rings. The minimum absolute atomic E-state index is 0.134. The lowest BCUT2D eigenvalue weighted by Gasteiger charge is -2.40. The summed E-state index contributed by atoms with van der Waals surface area (Å²) in [6.45, 7) is 4.73. The van der Waals surface area contributed by atoms with E-state index in [1.807, 2.05) is 9.80 Å². The molecule has 1 aromatic rings. The number of piperidine rings is 1. The van der Waals surface area contributed by atoms with Gasteiger partial charge in [-0.2, -0.15) is 4.98 Å². The third kappa shape index (κ3) is 3.52. The van der Waals surface area contributed by atoms with Crippen LogP contribution in [0.3, 0.4) is 0 Å². The molecule has 0 spiro atoms. The monoisotopic (exact) mass is 358 g/mol. The molecule has 0 unspecified atom stereocenters. The predicted octanol–water partition coefficient (Wildman–Crippen LogP) is 1.76. The van der Waals surface area contributed by atoms with Gasteiger partial charge >= 0.3 is 0 Å². The molecule has 4 rings (SSSR count). The van der Waals surface area contributed by atoms with Gasteiger partial charge in [-0.1, -0.05) is 17.3 Å². The van der Waals surface area contributed by atoms with E-state index >= 15 is 0 Å². The number of likely N-dealkylation sites (tertiary alicyclic amines) is 2. The Labute approximate surface area is 153 Å². The highest BCUT2D eigenvalue weighted by Gasteiger charge is 2.35. The standard InChI is InChI=1S/C19H26N4O3/c1-13(24)22-8-6-15(7-9-22)18-20-17(26-21-18)10-14-11-23(12-14)19(25)16-4-2-3-5-16/h2-3,14-16H,4-12H2,1H3. The Morgan fingerprint density at radius 3 is 2.50 bits per heavy atom. The Kier molecular flexibility index (Phi) is 4.78. The van der Waals surface area contributed by atoms with Crippen LogP contribution in [0.15, 0.2) is 16.7 Å². The second kappa shape index (κ2) is 7.21. The van der Waals surface area contributed by atoms with Crippen LogP contribution < -0.4 is 0 Å². The molecule has 140 valence electrons. The summed E-state index contributed by atoms with van der Waals surface area (Å²) in [5, 5.41) is 4.16. The smallest absolute Gasteiger partial charge is 0.227 e. The van der Waals surface area contributed by atoms with Gasteiger partial charge in [-0.3, -0.25) is 9.59 Å². The van der Waals surface area contributed by atoms with Crippen LogP contribution in [0, 0.1) is 11.8 Å². The lowest BCUT2D eigenvalue weighted by Crippen LogP contribution is -2.52. The van der Waals surface area contributed by atoms with Crippen molar-refractivity contribution in [3.63, 3.8) is 0 Å². The van der Waals surface area contributed by atoms with E-state index in [4.69, 9.17) is 4.52 Å². The molecule has 0 aromatic carbocycles. The summed E-state index contributed by atoms with van der Waals surface area (Å²) >= 11 is 0. The van der Waals surface area contributed by atoms with Crippen LogP contribution in [0.5, 0.6) is 0 Å². The second-order valence-corrected chi connectivity index (χ2v) is 7.78. The highest BCUT2D eigenvalue weighted by atomic mass is 16.5. The zero-order valence-corrected chi connectivity index (χ0v) is 15.3. The lowest BCUT2D eigenvalue weighted by molar-refractivity contribution is -0.141. The molecule has 0 saturated carbocycles. The molecule has 1 aromatic heterocycles. The topological polar surface area (TPSA) is 79.5 Å².